The van der Waals surface area contributed by atoms with Crippen LogP contribution in [0.2, 0.25) is 0 Å². The van der Waals surface area contributed by atoms with Crippen molar-refractivity contribution < 1.29 is 9.50 Å². The molecule has 2 N–H and O–H groups in total. The molecule has 1 aliphatic rings. The molecule has 0 saturated carbocycles. The summed E-state index contributed by atoms with van der Waals surface area (Å²) in [4.78, 5) is 2.38. The van der Waals surface area contributed by atoms with Crippen molar-refractivity contribution in [3.63, 3.8) is 0 Å². The molecule has 21 heavy (non-hydrogen) atoms. The predicted octanol–water partition coefficient (Wildman–Crippen LogP) is 2.71. The first-order valence-electron chi connectivity index (χ1n) is 7.88. The highest BCUT2D eigenvalue weighted by molar-refractivity contribution is 5.21. The zero-order valence-corrected chi connectivity index (χ0v) is 13.1. The molecule has 0 radical (unpaired) electrons. The van der Waals surface area contributed by atoms with Crippen LogP contribution in [0.15, 0.2) is 24.3 Å². The van der Waals surface area contributed by atoms with E-state index in [2.05, 4.69) is 10.2 Å². The van der Waals surface area contributed by atoms with Crippen molar-refractivity contribution in [2.45, 2.75) is 44.2 Å². The van der Waals surface area contributed by atoms with Crippen molar-refractivity contribution in [3.8, 4) is 0 Å². The maximum Gasteiger partial charge on any atom is 0.127 e. The number of likely N-dealkylation sites (tertiary alicyclic amines) is 1. The highest BCUT2D eigenvalue weighted by atomic mass is 19.1. The molecule has 2 atom stereocenters. The molecule has 0 bridgehead atoms. The van der Waals surface area contributed by atoms with Gasteiger partial charge in [-0.05, 0) is 58.8 Å². The maximum absolute atomic E-state index is 13.9. The van der Waals surface area contributed by atoms with Crippen LogP contribution in [0.3, 0.4) is 0 Å². The molecule has 0 aliphatic carbocycles. The summed E-state index contributed by atoms with van der Waals surface area (Å²) >= 11 is 0. The van der Waals surface area contributed by atoms with Crippen molar-refractivity contribution >= 4 is 0 Å². The molecule has 118 valence electrons. The number of nitrogens with zero attached hydrogens (tertiary/aromatic N) is 1. The van der Waals surface area contributed by atoms with Gasteiger partial charge in [0.05, 0.1) is 5.60 Å². The van der Waals surface area contributed by atoms with E-state index in [1.165, 1.54) is 6.07 Å². The van der Waals surface area contributed by atoms with Crippen molar-refractivity contribution in [1.82, 2.24) is 10.2 Å². The van der Waals surface area contributed by atoms with Gasteiger partial charge in [-0.15, -0.1) is 0 Å². The first-order chi connectivity index (χ1) is 10.0. The van der Waals surface area contributed by atoms with Crippen LogP contribution >= 0.6 is 0 Å². The van der Waals surface area contributed by atoms with E-state index in [-0.39, 0.29) is 11.9 Å². The monoisotopic (exact) mass is 294 g/mol. The number of hydrogen-bond acceptors (Lipinski definition) is 3. The van der Waals surface area contributed by atoms with Crippen LogP contribution in [0.5, 0.6) is 0 Å². The molecule has 4 heteroatoms. The van der Waals surface area contributed by atoms with E-state index in [1.807, 2.05) is 26.1 Å². The second kappa shape index (κ2) is 7.34. The van der Waals surface area contributed by atoms with Crippen molar-refractivity contribution in [3.05, 3.63) is 35.6 Å². The van der Waals surface area contributed by atoms with Gasteiger partial charge < -0.3 is 15.3 Å². The van der Waals surface area contributed by atoms with Gasteiger partial charge >= 0.3 is 0 Å². The molecule has 1 heterocycles. The molecule has 1 aromatic carbocycles. The third kappa shape index (κ3) is 4.77. The standard InChI is InChI=1S/C17H27FN2O/c1-17(21)9-5-11-20(13-10-17)12-8-16(19-2)14-6-3-4-7-15(14)18/h3-4,6-7,16,19,21H,5,8-13H2,1-2H3. The average molecular weight is 294 g/mol. The van der Waals surface area contributed by atoms with E-state index in [0.29, 0.717) is 0 Å². The molecule has 1 aliphatic heterocycles. The summed E-state index contributed by atoms with van der Waals surface area (Å²) in [6, 6.07) is 7.01. The van der Waals surface area contributed by atoms with Gasteiger partial charge in [-0.2, -0.15) is 0 Å². The smallest absolute Gasteiger partial charge is 0.127 e. The first kappa shape index (κ1) is 16.4. The zero-order chi connectivity index (χ0) is 15.3. The summed E-state index contributed by atoms with van der Waals surface area (Å²) in [6.45, 7) is 4.78. The van der Waals surface area contributed by atoms with Gasteiger partial charge in [0.25, 0.3) is 0 Å². The van der Waals surface area contributed by atoms with Crippen LogP contribution in [0, 0.1) is 5.82 Å². The van der Waals surface area contributed by atoms with Gasteiger partial charge in [0.15, 0.2) is 0 Å². The predicted molar refractivity (Wildman–Crippen MR) is 83.7 cm³/mol. The Labute approximate surface area is 127 Å². The van der Waals surface area contributed by atoms with Crippen LogP contribution in [0.1, 0.15) is 44.2 Å². The Morgan fingerprint density at radius 1 is 1.33 bits per heavy atom. The van der Waals surface area contributed by atoms with Crippen molar-refractivity contribution in [2.24, 2.45) is 0 Å². The Kier molecular flexibility index (Phi) is 5.73. The Morgan fingerprint density at radius 2 is 2.10 bits per heavy atom. The van der Waals surface area contributed by atoms with Crippen LogP contribution in [0.4, 0.5) is 4.39 Å². The molecule has 2 unspecified atom stereocenters. The Balaban J connectivity index is 1.90. The lowest BCUT2D eigenvalue weighted by Crippen LogP contribution is -2.31. The van der Waals surface area contributed by atoms with Gasteiger partial charge in [0.2, 0.25) is 0 Å². The number of benzene rings is 1. The van der Waals surface area contributed by atoms with E-state index in [9.17, 15) is 9.50 Å². The molecular weight excluding hydrogens is 267 g/mol. The van der Waals surface area contributed by atoms with Crippen molar-refractivity contribution in [1.29, 1.82) is 0 Å². The van der Waals surface area contributed by atoms with E-state index < -0.39 is 5.60 Å². The maximum atomic E-state index is 13.9. The van der Waals surface area contributed by atoms with Gasteiger partial charge in [-0.3, -0.25) is 0 Å². The Morgan fingerprint density at radius 3 is 2.81 bits per heavy atom. The van der Waals surface area contributed by atoms with Gasteiger partial charge in [0, 0.05) is 18.2 Å². The number of aliphatic hydroxyl groups is 1. The topological polar surface area (TPSA) is 35.5 Å². The first-order valence-corrected chi connectivity index (χ1v) is 7.88. The summed E-state index contributed by atoms with van der Waals surface area (Å²) < 4.78 is 13.9. The highest BCUT2D eigenvalue weighted by Crippen LogP contribution is 2.23. The lowest BCUT2D eigenvalue weighted by Gasteiger charge is -2.25. The van der Waals surface area contributed by atoms with Gasteiger partial charge in [-0.1, -0.05) is 18.2 Å². The number of hydrogen-bond donors (Lipinski definition) is 2. The summed E-state index contributed by atoms with van der Waals surface area (Å²) in [5, 5.41) is 13.3. The fraction of sp³-hybridized carbons (Fsp3) is 0.647. The van der Waals surface area contributed by atoms with E-state index in [4.69, 9.17) is 0 Å². The fourth-order valence-corrected chi connectivity index (χ4v) is 3.07. The molecule has 0 aromatic heterocycles. The lowest BCUT2D eigenvalue weighted by molar-refractivity contribution is 0.0445. The zero-order valence-electron chi connectivity index (χ0n) is 13.1. The van der Waals surface area contributed by atoms with Crippen LogP contribution < -0.4 is 5.32 Å². The summed E-state index contributed by atoms with van der Waals surface area (Å²) in [5.41, 5.74) is 0.213. The number of nitrogens with one attached hydrogen (secondary N) is 1. The molecule has 1 aromatic rings. The molecule has 1 saturated heterocycles. The van der Waals surface area contributed by atoms with Gasteiger partial charge in [0.1, 0.15) is 5.82 Å². The number of rotatable bonds is 5. The third-order valence-corrected chi connectivity index (χ3v) is 4.52. The SMILES string of the molecule is CNC(CCN1CCCC(C)(O)CC1)c1ccccc1F. The molecule has 2 rings (SSSR count). The molecule has 1 fully saturated rings. The number of halogens is 1. The van der Waals surface area contributed by atoms with E-state index >= 15 is 0 Å². The lowest BCUT2D eigenvalue weighted by atomic mass is 9.98. The quantitative estimate of drug-likeness (QED) is 0.876. The summed E-state index contributed by atoms with van der Waals surface area (Å²) in [5.74, 6) is -0.143. The molecule has 3 nitrogen and oxygen atoms in total. The average Bonchev–Trinajstić information content (AvgIpc) is 2.62. The largest absolute Gasteiger partial charge is 0.390 e. The molecule has 0 amide bonds. The van der Waals surface area contributed by atoms with E-state index in [1.54, 1.807) is 6.07 Å². The van der Waals surface area contributed by atoms with Crippen molar-refractivity contribution in [2.75, 3.05) is 26.7 Å². The Bertz CT molecular complexity index is 450. The fourth-order valence-electron chi connectivity index (χ4n) is 3.07. The minimum Gasteiger partial charge on any atom is -0.390 e. The minimum absolute atomic E-state index is 0.0370. The molecular formula is C17H27FN2O. The summed E-state index contributed by atoms with van der Waals surface area (Å²) in [7, 11) is 1.88. The Hall–Kier alpha value is -0.970. The van der Waals surface area contributed by atoms with Gasteiger partial charge in [-0.25, -0.2) is 4.39 Å². The van der Waals surface area contributed by atoms with E-state index in [0.717, 1.165) is 50.9 Å². The van der Waals surface area contributed by atoms with Crippen LogP contribution in [-0.4, -0.2) is 42.3 Å². The second-order valence-corrected chi connectivity index (χ2v) is 6.34. The molecule has 0 spiro atoms. The summed E-state index contributed by atoms with van der Waals surface area (Å²) in [6.07, 6.45) is 3.58. The second-order valence-electron chi connectivity index (χ2n) is 6.34. The van der Waals surface area contributed by atoms with Crippen LogP contribution in [-0.2, 0) is 0 Å². The van der Waals surface area contributed by atoms with Crippen LogP contribution in [0.25, 0.3) is 0 Å². The highest BCUT2D eigenvalue weighted by Gasteiger charge is 2.25. The normalized spacial score (nSPS) is 25.5. The third-order valence-electron chi connectivity index (χ3n) is 4.52. The minimum atomic E-state index is -0.525.